The molecule has 1 amide bonds. The number of quaternary nitrogens is 1. The van der Waals surface area contributed by atoms with Crippen molar-refractivity contribution in [3.8, 4) is 11.5 Å². The summed E-state index contributed by atoms with van der Waals surface area (Å²) in [5.74, 6) is -0.752. The van der Waals surface area contributed by atoms with E-state index in [-0.39, 0.29) is 11.5 Å². The maximum atomic E-state index is 12.6. The Morgan fingerprint density at radius 1 is 1.26 bits per heavy atom. The van der Waals surface area contributed by atoms with Gasteiger partial charge in [-0.3, -0.25) is 10.1 Å². The fourth-order valence-corrected chi connectivity index (χ4v) is 3.94. The van der Waals surface area contributed by atoms with Crippen molar-refractivity contribution < 1.29 is 29.5 Å². The molecule has 7 nitrogen and oxygen atoms in total. The lowest BCUT2D eigenvalue weighted by Gasteiger charge is -2.21. The molecule has 0 saturated carbocycles. The monoisotopic (exact) mass is 340 g/mol. The average Bonchev–Trinajstić information content (AvgIpc) is 2.80. The van der Waals surface area contributed by atoms with Gasteiger partial charge in [-0.15, -0.1) is 0 Å². The summed E-state index contributed by atoms with van der Waals surface area (Å²) < 4.78 is 9.87. The zero-order valence-corrected chi connectivity index (χ0v) is 14.2. The molecule has 126 valence electrons. The van der Waals surface area contributed by atoms with Crippen molar-refractivity contribution in [1.82, 2.24) is 5.32 Å². The Balaban J connectivity index is 2.19. The first-order chi connectivity index (χ1) is 10.8. The Kier molecular flexibility index (Phi) is 5.06. The fourth-order valence-electron chi connectivity index (χ4n) is 2.56. The van der Waals surface area contributed by atoms with E-state index in [2.05, 4.69) is 5.32 Å². The highest BCUT2D eigenvalue weighted by Gasteiger charge is 2.46. The smallest absolute Gasteiger partial charge is 0.263 e. The number of carboxylic acid groups (broad SMARTS) is 1. The van der Waals surface area contributed by atoms with E-state index < -0.39 is 22.3 Å². The molecule has 0 unspecified atom stereocenters. The Labute approximate surface area is 138 Å². The van der Waals surface area contributed by atoms with E-state index >= 15 is 0 Å². The number of amides is 1. The second kappa shape index (κ2) is 6.67. The van der Waals surface area contributed by atoms with Crippen LogP contribution in [0.15, 0.2) is 18.2 Å². The number of methoxy groups -OCH3 is 2. The first kappa shape index (κ1) is 17.4. The van der Waals surface area contributed by atoms with Gasteiger partial charge < -0.3 is 24.7 Å². The zero-order chi connectivity index (χ0) is 17.2. The van der Waals surface area contributed by atoms with Crippen molar-refractivity contribution in [3.05, 3.63) is 23.8 Å². The van der Waals surface area contributed by atoms with Crippen LogP contribution in [-0.4, -0.2) is 42.4 Å². The lowest BCUT2D eigenvalue weighted by atomic mass is 10.0. The van der Waals surface area contributed by atoms with Crippen LogP contribution in [0.3, 0.4) is 0 Å². The second-order valence-electron chi connectivity index (χ2n) is 5.64. The summed E-state index contributed by atoms with van der Waals surface area (Å²) >= 11 is 1.36. The molecule has 2 rings (SSSR count). The van der Waals surface area contributed by atoms with Crippen molar-refractivity contribution in [2.45, 2.75) is 30.1 Å². The van der Waals surface area contributed by atoms with Crippen LogP contribution in [0.2, 0.25) is 0 Å². The van der Waals surface area contributed by atoms with Gasteiger partial charge in [-0.1, -0.05) is 17.8 Å². The van der Waals surface area contributed by atoms with Gasteiger partial charge in [0.25, 0.3) is 5.91 Å². The number of ether oxygens (including phenoxy) is 2. The topological polar surface area (TPSA) is 104 Å². The van der Waals surface area contributed by atoms with E-state index in [9.17, 15) is 14.7 Å². The summed E-state index contributed by atoms with van der Waals surface area (Å²) in [6, 6.07) is 4.31. The lowest BCUT2D eigenvalue weighted by Crippen LogP contribution is -2.98. The van der Waals surface area contributed by atoms with E-state index in [4.69, 9.17) is 9.47 Å². The van der Waals surface area contributed by atoms with Crippen molar-refractivity contribution in [1.29, 1.82) is 0 Å². The van der Waals surface area contributed by atoms with E-state index in [0.717, 1.165) is 0 Å². The standard InChI is InChI=1S/C15H20N2O5S/c1-15(2)11(13(19)20)16-14(23-15)17-12(18)10-8(21-3)6-5-7-9(10)22-4/h5-7,11,14,16H,1-4H3,(H,17,18)(H,19,20)/t11-,14+/m0/s1. The number of rotatable bonds is 5. The molecule has 0 aromatic heterocycles. The van der Waals surface area contributed by atoms with Gasteiger partial charge in [0.15, 0.2) is 0 Å². The van der Waals surface area contributed by atoms with Crippen LogP contribution < -0.4 is 25.2 Å². The highest BCUT2D eigenvalue weighted by molar-refractivity contribution is 8.01. The first-order valence-corrected chi connectivity index (χ1v) is 7.93. The predicted molar refractivity (Wildman–Crippen MR) is 83.2 cm³/mol. The number of hydrogen-bond acceptors (Lipinski definition) is 6. The van der Waals surface area contributed by atoms with Crippen LogP contribution in [-0.2, 0) is 4.79 Å². The summed E-state index contributed by atoms with van der Waals surface area (Å²) in [6.45, 7) is 3.62. The number of carbonyl (C=O) groups excluding carboxylic acids is 2. The summed E-state index contributed by atoms with van der Waals surface area (Å²) in [5, 5.41) is 15.6. The number of benzene rings is 1. The number of nitrogens with one attached hydrogen (secondary N) is 1. The number of thioether (sulfide) groups is 1. The molecule has 0 spiro atoms. The molecule has 1 aromatic rings. The summed E-state index contributed by atoms with van der Waals surface area (Å²) in [5.41, 5.74) is -0.156. The number of nitrogens with two attached hydrogens (primary N) is 1. The number of aliphatic carboxylic acids is 1. The first-order valence-electron chi connectivity index (χ1n) is 7.05. The maximum Gasteiger partial charge on any atom is 0.263 e. The summed E-state index contributed by atoms with van der Waals surface area (Å²) in [6.07, 6.45) is 0. The molecule has 23 heavy (non-hydrogen) atoms. The molecule has 1 aliphatic heterocycles. The zero-order valence-electron chi connectivity index (χ0n) is 13.4. The molecule has 0 aliphatic carbocycles. The highest BCUT2D eigenvalue weighted by atomic mass is 32.2. The van der Waals surface area contributed by atoms with Crippen LogP contribution in [0.1, 0.15) is 24.2 Å². The third-order valence-corrected chi connectivity index (χ3v) is 5.12. The van der Waals surface area contributed by atoms with Crippen LogP contribution in [0, 0.1) is 0 Å². The third-order valence-electron chi connectivity index (χ3n) is 3.73. The number of carboxylic acids is 1. The van der Waals surface area contributed by atoms with Crippen LogP contribution in [0.25, 0.3) is 0 Å². The average molecular weight is 340 g/mol. The van der Waals surface area contributed by atoms with Crippen molar-refractivity contribution in [2.24, 2.45) is 0 Å². The quantitative estimate of drug-likeness (QED) is 0.707. The number of hydrogen-bond donors (Lipinski definition) is 2. The Bertz CT molecular complexity index is 598. The van der Waals surface area contributed by atoms with E-state index in [1.807, 2.05) is 13.8 Å². The van der Waals surface area contributed by atoms with Gasteiger partial charge in [0.05, 0.1) is 19.0 Å². The van der Waals surface area contributed by atoms with Gasteiger partial charge in [0.2, 0.25) is 5.50 Å². The molecule has 0 radical (unpaired) electrons. The minimum absolute atomic E-state index is 0.279. The molecule has 1 aromatic carbocycles. The Morgan fingerprint density at radius 2 is 1.83 bits per heavy atom. The molecule has 3 N–H and O–H groups in total. The lowest BCUT2D eigenvalue weighted by molar-refractivity contribution is -0.692. The second-order valence-corrected chi connectivity index (χ2v) is 7.44. The minimum atomic E-state index is -1.14. The van der Waals surface area contributed by atoms with E-state index in [1.165, 1.54) is 26.0 Å². The van der Waals surface area contributed by atoms with Gasteiger partial charge in [-0.2, -0.15) is 0 Å². The molecule has 1 aliphatic rings. The molecular formula is C15H20N2O5S. The van der Waals surface area contributed by atoms with Gasteiger partial charge in [0, 0.05) is 0 Å². The molecule has 0 bridgehead atoms. The van der Waals surface area contributed by atoms with Crippen molar-refractivity contribution >= 4 is 23.6 Å². The molecule has 2 atom stereocenters. The maximum absolute atomic E-state index is 12.6. The SMILES string of the molecule is COc1cccc(OC)c1C(=O)N[C@H]1[NH2+][C@@H](C(=O)[O-])C(C)(C)S1. The van der Waals surface area contributed by atoms with Gasteiger partial charge in [0.1, 0.15) is 29.1 Å². The predicted octanol–water partition coefficient (Wildman–Crippen LogP) is -1.08. The summed E-state index contributed by atoms with van der Waals surface area (Å²) in [4.78, 5) is 23.8. The normalized spacial score (nSPS) is 22.4. The van der Waals surface area contributed by atoms with E-state index in [1.54, 1.807) is 23.5 Å². The molecule has 1 saturated heterocycles. The third kappa shape index (κ3) is 3.53. The van der Waals surface area contributed by atoms with Crippen LogP contribution in [0.4, 0.5) is 0 Å². The minimum Gasteiger partial charge on any atom is -0.544 e. The highest BCUT2D eigenvalue weighted by Crippen LogP contribution is 2.33. The molecule has 1 heterocycles. The van der Waals surface area contributed by atoms with Crippen molar-refractivity contribution in [2.75, 3.05) is 14.2 Å². The molecule has 8 heteroatoms. The summed E-state index contributed by atoms with van der Waals surface area (Å²) in [7, 11) is 2.94. The van der Waals surface area contributed by atoms with Crippen LogP contribution in [0.5, 0.6) is 11.5 Å². The molecular weight excluding hydrogens is 320 g/mol. The number of carbonyl (C=O) groups is 2. The Morgan fingerprint density at radius 3 is 2.26 bits per heavy atom. The van der Waals surface area contributed by atoms with Gasteiger partial charge in [-0.05, 0) is 26.0 Å². The van der Waals surface area contributed by atoms with E-state index in [0.29, 0.717) is 11.5 Å². The largest absolute Gasteiger partial charge is 0.544 e. The Hall–Kier alpha value is -1.93. The van der Waals surface area contributed by atoms with Gasteiger partial charge in [-0.25, -0.2) is 0 Å². The fraction of sp³-hybridized carbons (Fsp3) is 0.467. The van der Waals surface area contributed by atoms with Crippen LogP contribution >= 0.6 is 11.8 Å². The van der Waals surface area contributed by atoms with Gasteiger partial charge >= 0.3 is 0 Å². The van der Waals surface area contributed by atoms with Crippen molar-refractivity contribution in [3.63, 3.8) is 0 Å². The molecule has 1 fully saturated rings.